The molecule has 0 saturated heterocycles. The van der Waals surface area contributed by atoms with Crippen molar-refractivity contribution in [3.8, 4) is 5.75 Å². The summed E-state index contributed by atoms with van der Waals surface area (Å²) in [5.41, 5.74) is 1.14. The molecule has 0 unspecified atom stereocenters. The fourth-order valence-electron chi connectivity index (χ4n) is 4.34. The number of hydrogen-bond acceptors (Lipinski definition) is 4. The average molecular weight is 432 g/mol. The third kappa shape index (κ3) is 4.90. The van der Waals surface area contributed by atoms with Gasteiger partial charge < -0.3 is 15.4 Å². The minimum Gasteiger partial charge on any atom is -0.493 e. The molecule has 0 bridgehead atoms. The van der Waals surface area contributed by atoms with E-state index in [0.717, 1.165) is 29.4 Å². The van der Waals surface area contributed by atoms with Gasteiger partial charge in [-0.25, -0.2) is 4.98 Å². The molecule has 0 atom stereocenters. The van der Waals surface area contributed by atoms with Gasteiger partial charge in [0.15, 0.2) is 5.69 Å². The van der Waals surface area contributed by atoms with Crippen LogP contribution in [0.25, 0.3) is 10.8 Å². The number of hydrogen-bond donors (Lipinski definition) is 2. The fraction of sp³-hybridized carbons (Fsp3) is 0.346. The van der Waals surface area contributed by atoms with E-state index >= 15 is 0 Å². The smallest absolute Gasteiger partial charge is 0.272 e. The highest BCUT2D eigenvalue weighted by molar-refractivity contribution is 6.15. The topological polar surface area (TPSA) is 80.3 Å². The molecule has 32 heavy (non-hydrogen) atoms. The zero-order chi connectivity index (χ0) is 22.3. The Labute approximate surface area is 188 Å². The van der Waals surface area contributed by atoms with Crippen LogP contribution in [0.3, 0.4) is 0 Å². The first-order valence-electron chi connectivity index (χ1n) is 11.4. The Morgan fingerprint density at radius 1 is 0.969 bits per heavy atom. The molecule has 0 aliphatic heterocycles. The lowest BCUT2D eigenvalue weighted by Gasteiger charge is -2.21. The number of aromatic nitrogens is 1. The Morgan fingerprint density at radius 3 is 2.53 bits per heavy atom. The van der Waals surface area contributed by atoms with Gasteiger partial charge >= 0.3 is 0 Å². The van der Waals surface area contributed by atoms with Gasteiger partial charge in [-0.1, -0.05) is 43.5 Å². The predicted octanol–water partition coefficient (Wildman–Crippen LogP) is 5.20. The summed E-state index contributed by atoms with van der Waals surface area (Å²) < 4.78 is 5.70. The van der Waals surface area contributed by atoms with Crippen molar-refractivity contribution in [3.05, 3.63) is 66.0 Å². The minimum absolute atomic E-state index is 0.229. The van der Waals surface area contributed by atoms with Gasteiger partial charge in [-0.2, -0.15) is 0 Å². The van der Waals surface area contributed by atoms with Gasteiger partial charge in [-0.15, -0.1) is 0 Å². The van der Waals surface area contributed by atoms with E-state index in [1.54, 1.807) is 24.4 Å². The number of amides is 2. The van der Waals surface area contributed by atoms with Crippen molar-refractivity contribution in [1.82, 2.24) is 10.3 Å². The number of pyridine rings is 1. The molecule has 1 fully saturated rings. The molecule has 2 amide bonds. The number of nitrogens with one attached hydrogen (secondary N) is 2. The number of ether oxygens (including phenoxy) is 1. The Bertz CT molecular complexity index is 1110. The number of carbonyl (C=O) groups excluding carboxylic acids is 2. The highest BCUT2D eigenvalue weighted by Gasteiger charge is 2.20. The van der Waals surface area contributed by atoms with Crippen LogP contribution in [0.4, 0.5) is 5.69 Å². The second kappa shape index (κ2) is 10.3. The van der Waals surface area contributed by atoms with Gasteiger partial charge in [0.05, 0.1) is 12.3 Å². The molecular weight excluding hydrogens is 402 g/mol. The maximum Gasteiger partial charge on any atom is 0.272 e. The first-order valence-corrected chi connectivity index (χ1v) is 11.4. The SMILES string of the molecule is CCOc1ccc(C(=O)Nc2cccnc2C(=O)NCC2CCCCC2)c2ccccc12. The third-order valence-corrected chi connectivity index (χ3v) is 5.98. The molecule has 1 aliphatic rings. The molecule has 3 aromatic rings. The summed E-state index contributed by atoms with van der Waals surface area (Å²) in [5, 5.41) is 7.56. The van der Waals surface area contributed by atoms with Crippen LogP contribution in [0.15, 0.2) is 54.7 Å². The Hall–Kier alpha value is -3.41. The largest absolute Gasteiger partial charge is 0.493 e. The first-order chi connectivity index (χ1) is 15.7. The van der Waals surface area contributed by atoms with Crippen molar-refractivity contribution in [2.75, 3.05) is 18.5 Å². The lowest BCUT2D eigenvalue weighted by Crippen LogP contribution is -2.31. The van der Waals surface area contributed by atoms with Crippen molar-refractivity contribution < 1.29 is 14.3 Å². The summed E-state index contributed by atoms with van der Waals surface area (Å²) >= 11 is 0. The van der Waals surface area contributed by atoms with Crippen molar-refractivity contribution >= 4 is 28.3 Å². The predicted molar refractivity (Wildman–Crippen MR) is 126 cm³/mol. The van der Waals surface area contributed by atoms with Crippen LogP contribution in [0.1, 0.15) is 59.9 Å². The minimum atomic E-state index is -0.293. The van der Waals surface area contributed by atoms with Gasteiger partial charge in [0.1, 0.15) is 5.75 Å². The van der Waals surface area contributed by atoms with E-state index in [4.69, 9.17) is 4.74 Å². The molecule has 1 aliphatic carbocycles. The Balaban J connectivity index is 1.53. The van der Waals surface area contributed by atoms with Crippen LogP contribution >= 0.6 is 0 Å². The fourth-order valence-corrected chi connectivity index (χ4v) is 4.34. The van der Waals surface area contributed by atoms with E-state index < -0.39 is 0 Å². The second-order valence-electron chi connectivity index (χ2n) is 8.16. The molecule has 1 heterocycles. The third-order valence-electron chi connectivity index (χ3n) is 5.98. The van der Waals surface area contributed by atoms with Gasteiger partial charge in [-0.05, 0) is 55.3 Å². The maximum atomic E-state index is 13.2. The molecule has 0 radical (unpaired) electrons. The number of anilines is 1. The zero-order valence-electron chi connectivity index (χ0n) is 18.4. The van der Waals surface area contributed by atoms with E-state index in [1.165, 1.54) is 19.3 Å². The summed E-state index contributed by atoms with van der Waals surface area (Å²) in [4.78, 5) is 30.2. The molecule has 1 saturated carbocycles. The van der Waals surface area contributed by atoms with Crippen LogP contribution in [0.5, 0.6) is 5.75 Å². The molecule has 1 aromatic heterocycles. The molecular formula is C26H29N3O3. The van der Waals surface area contributed by atoms with Gasteiger partial charge in [0.25, 0.3) is 11.8 Å². The van der Waals surface area contributed by atoms with E-state index in [2.05, 4.69) is 15.6 Å². The van der Waals surface area contributed by atoms with Crippen LogP contribution in [-0.4, -0.2) is 29.9 Å². The summed E-state index contributed by atoms with van der Waals surface area (Å²) in [7, 11) is 0. The van der Waals surface area contributed by atoms with E-state index in [0.29, 0.717) is 30.3 Å². The molecule has 166 valence electrons. The first kappa shape index (κ1) is 21.8. The van der Waals surface area contributed by atoms with E-state index in [-0.39, 0.29) is 17.5 Å². The molecule has 2 aromatic carbocycles. The maximum absolute atomic E-state index is 13.2. The van der Waals surface area contributed by atoms with Crippen molar-refractivity contribution in [3.63, 3.8) is 0 Å². The van der Waals surface area contributed by atoms with Crippen LogP contribution in [0.2, 0.25) is 0 Å². The Kier molecular flexibility index (Phi) is 7.00. The van der Waals surface area contributed by atoms with Gasteiger partial charge in [0.2, 0.25) is 0 Å². The lowest BCUT2D eigenvalue weighted by molar-refractivity contribution is 0.0939. The highest BCUT2D eigenvalue weighted by Crippen LogP contribution is 2.29. The van der Waals surface area contributed by atoms with Crippen molar-refractivity contribution in [2.24, 2.45) is 5.92 Å². The number of benzene rings is 2. The van der Waals surface area contributed by atoms with E-state index in [9.17, 15) is 9.59 Å². The Morgan fingerprint density at radius 2 is 1.75 bits per heavy atom. The summed E-state index contributed by atoms with van der Waals surface area (Å²) in [5.74, 6) is 0.704. The zero-order valence-corrected chi connectivity index (χ0v) is 18.4. The monoisotopic (exact) mass is 431 g/mol. The van der Waals surface area contributed by atoms with Gasteiger partial charge in [-0.3, -0.25) is 9.59 Å². The quantitative estimate of drug-likeness (QED) is 0.539. The molecule has 2 N–H and O–H groups in total. The van der Waals surface area contributed by atoms with Crippen molar-refractivity contribution in [1.29, 1.82) is 0 Å². The van der Waals surface area contributed by atoms with E-state index in [1.807, 2.05) is 37.3 Å². The molecule has 6 heteroatoms. The average Bonchev–Trinajstić information content (AvgIpc) is 2.84. The standard InChI is InChI=1S/C26H29N3O3/c1-2-32-23-15-14-21(19-11-6-7-12-20(19)23)25(30)29-22-13-8-16-27-24(22)26(31)28-17-18-9-4-3-5-10-18/h6-8,11-16,18H,2-5,9-10,17H2,1H3,(H,28,31)(H,29,30). The van der Waals surface area contributed by atoms with Gasteiger partial charge in [0, 0.05) is 23.7 Å². The normalized spacial score (nSPS) is 14.2. The van der Waals surface area contributed by atoms with Crippen molar-refractivity contribution in [2.45, 2.75) is 39.0 Å². The van der Waals surface area contributed by atoms with Crippen LogP contribution in [0, 0.1) is 5.92 Å². The number of nitrogens with zero attached hydrogens (tertiary/aromatic N) is 1. The van der Waals surface area contributed by atoms with Crippen LogP contribution < -0.4 is 15.4 Å². The summed E-state index contributed by atoms with van der Waals surface area (Å²) in [6.45, 7) is 3.12. The summed E-state index contributed by atoms with van der Waals surface area (Å²) in [6.07, 6.45) is 7.59. The molecule has 0 spiro atoms. The number of fused-ring (bicyclic) bond motifs is 1. The summed E-state index contributed by atoms with van der Waals surface area (Å²) in [6, 6.07) is 14.6. The highest BCUT2D eigenvalue weighted by atomic mass is 16.5. The molecule has 4 rings (SSSR count). The number of carbonyl (C=O) groups is 2. The van der Waals surface area contributed by atoms with Crippen LogP contribution in [-0.2, 0) is 0 Å². The second-order valence-corrected chi connectivity index (χ2v) is 8.16. The number of rotatable bonds is 7. The lowest BCUT2D eigenvalue weighted by atomic mass is 9.89. The molecule has 6 nitrogen and oxygen atoms in total.